The third-order valence-electron chi connectivity index (χ3n) is 3.17. The number of halogens is 1. The molecule has 0 saturated carbocycles. The summed E-state index contributed by atoms with van der Waals surface area (Å²) in [5.41, 5.74) is 4.00. The highest BCUT2D eigenvalue weighted by Crippen LogP contribution is 2.28. The summed E-state index contributed by atoms with van der Waals surface area (Å²) in [4.78, 5) is 14.6. The number of rotatable bonds is 1. The monoisotopic (exact) mass is 313 g/mol. The summed E-state index contributed by atoms with van der Waals surface area (Å²) in [5, 5.41) is 1.04. The summed E-state index contributed by atoms with van der Waals surface area (Å²) in [6.45, 7) is 2.05. The first-order valence-electron chi connectivity index (χ1n) is 6.03. The van der Waals surface area contributed by atoms with E-state index in [9.17, 15) is 4.79 Å². The van der Waals surface area contributed by atoms with Gasteiger partial charge in [-0.15, -0.1) is 0 Å². The van der Waals surface area contributed by atoms with Crippen molar-refractivity contribution >= 4 is 26.8 Å². The Labute approximate surface area is 119 Å². The van der Waals surface area contributed by atoms with Crippen LogP contribution in [0.1, 0.15) is 5.56 Å². The summed E-state index contributed by atoms with van der Waals surface area (Å²) in [6.07, 6.45) is 0. The summed E-state index contributed by atoms with van der Waals surface area (Å²) >= 11 is 3.48. The van der Waals surface area contributed by atoms with Gasteiger partial charge in [-0.05, 0) is 36.2 Å². The topological polar surface area (TPSA) is 32.9 Å². The summed E-state index contributed by atoms with van der Waals surface area (Å²) in [6, 6.07) is 15.7. The Morgan fingerprint density at radius 2 is 1.74 bits per heavy atom. The molecule has 2 nitrogen and oxygen atoms in total. The molecule has 0 aliphatic rings. The van der Waals surface area contributed by atoms with E-state index in [1.165, 1.54) is 5.56 Å². The zero-order valence-corrected chi connectivity index (χ0v) is 12.0. The van der Waals surface area contributed by atoms with Crippen molar-refractivity contribution in [1.82, 2.24) is 4.98 Å². The van der Waals surface area contributed by atoms with Crippen molar-refractivity contribution in [3.63, 3.8) is 0 Å². The van der Waals surface area contributed by atoms with Gasteiger partial charge in [0.05, 0.1) is 0 Å². The average molecular weight is 314 g/mol. The molecular weight excluding hydrogens is 302 g/mol. The molecule has 0 aliphatic carbocycles. The van der Waals surface area contributed by atoms with Crippen LogP contribution in [0.5, 0.6) is 0 Å². The van der Waals surface area contributed by atoms with Gasteiger partial charge < -0.3 is 4.98 Å². The molecule has 1 aromatic heterocycles. The molecule has 0 atom stereocenters. The van der Waals surface area contributed by atoms with E-state index in [1.54, 1.807) is 6.07 Å². The van der Waals surface area contributed by atoms with Gasteiger partial charge in [0.2, 0.25) is 5.56 Å². The predicted octanol–water partition coefficient (Wildman–Crippen LogP) is 4.27. The number of aryl methyl sites for hydroxylation is 1. The second kappa shape index (κ2) is 4.67. The zero-order valence-electron chi connectivity index (χ0n) is 10.4. The van der Waals surface area contributed by atoms with Crippen molar-refractivity contribution in [2.45, 2.75) is 6.92 Å². The van der Waals surface area contributed by atoms with E-state index < -0.39 is 0 Å². The van der Waals surface area contributed by atoms with Crippen molar-refractivity contribution in [1.29, 1.82) is 0 Å². The SMILES string of the molecule is Cc1ccc(-c2cc(=O)[nH]c3ccc(Br)cc23)cc1. The molecule has 3 heteroatoms. The summed E-state index contributed by atoms with van der Waals surface area (Å²) in [7, 11) is 0. The molecule has 0 unspecified atom stereocenters. The van der Waals surface area contributed by atoms with Gasteiger partial charge in [-0.2, -0.15) is 0 Å². The molecule has 0 saturated heterocycles. The van der Waals surface area contributed by atoms with Crippen molar-refractivity contribution < 1.29 is 0 Å². The van der Waals surface area contributed by atoms with E-state index in [4.69, 9.17) is 0 Å². The number of pyridine rings is 1. The Balaban J connectivity index is 2.35. The molecular formula is C16H12BrNO. The third kappa shape index (κ3) is 2.34. The lowest BCUT2D eigenvalue weighted by molar-refractivity contribution is 1.30. The van der Waals surface area contributed by atoms with Crippen LogP contribution in [0.4, 0.5) is 0 Å². The van der Waals surface area contributed by atoms with Gasteiger partial charge in [-0.3, -0.25) is 4.79 Å². The van der Waals surface area contributed by atoms with Crippen molar-refractivity contribution in [3.05, 3.63) is 68.9 Å². The molecule has 0 aliphatic heterocycles. The van der Waals surface area contributed by atoms with Crippen LogP contribution in [0, 0.1) is 6.92 Å². The number of hydrogen-bond donors (Lipinski definition) is 1. The van der Waals surface area contributed by atoms with Crippen LogP contribution in [-0.2, 0) is 0 Å². The van der Waals surface area contributed by atoms with Crippen LogP contribution < -0.4 is 5.56 Å². The molecule has 3 aromatic rings. The number of nitrogens with one attached hydrogen (secondary N) is 1. The molecule has 2 aromatic carbocycles. The number of aromatic nitrogens is 1. The standard InChI is InChI=1S/C16H12BrNO/c1-10-2-4-11(5-3-10)13-9-16(19)18-15-7-6-12(17)8-14(13)15/h2-9H,1H3,(H,18,19). The quantitative estimate of drug-likeness (QED) is 0.715. The van der Waals surface area contributed by atoms with Crippen molar-refractivity contribution in [2.75, 3.05) is 0 Å². The highest BCUT2D eigenvalue weighted by Gasteiger charge is 2.06. The number of hydrogen-bond acceptors (Lipinski definition) is 1. The molecule has 0 spiro atoms. The van der Waals surface area contributed by atoms with Crippen molar-refractivity contribution in [3.8, 4) is 11.1 Å². The smallest absolute Gasteiger partial charge is 0.249 e. The Kier molecular flexibility index (Phi) is 2.99. The minimum Gasteiger partial charge on any atom is -0.322 e. The highest BCUT2D eigenvalue weighted by molar-refractivity contribution is 9.10. The normalized spacial score (nSPS) is 10.8. The Bertz CT molecular complexity index is 803. The van der Waals surface area contributed by atoms with E-state index in [2.05, 4.69) is 40.0 Å². The maximum atomic E-state index is 11.8. The molecule has 19 heavy (non-hydrogen) atoms. The van der Waals surface area contributed by atoms with Gasteiger partial charge in [0.25, 0.3) is 0 Å². The van der Waals surface area contributed by atoms with Gasteiger partial charge in [-0.1, -0.05) is 45.8 Å². The highest BCUT2D eigenvalue weighted by atomic mass is 79.9. The molecule has 94 valence electrons. The fraction of sp³-hybridized carbons (Fsp3) is 0.0625. The molecule has 1 N–H and O–H groups in total. The van der Waals surface area contributed by atoms with Gasteiger partial charge in [0, 0.05) is 21.4 Å². The third-order valence-corrected chi connectivity index (χ3v) is 3.66. The van der Waals surface area contributed by atoms with Crippen LogP contribution in [-0.4, -0.2) is 4.98 Å². The van der Waals surface area contributed by atoms with Crippen molar-refractivity contribution in [2.24, 2.45) is 0 Å². The summed E-state index contributed by atoms with van der Waals surface area (Å²) in [5.74, 6) is 0. The lowest BCUT2D eigenvalue weighted by Crippen LogP contribution is -2.04. The Hall–Kier alpha value is -1.87. The van der Waals surface area contributed by atoms with Crippen LogP contribution in [0.15, 0.2) is 57.8 Å². The van der Waals surface area contributed by atoms with E-state index in [-0.39, 0.29) is 5.56 Å². The first kappa shape index (κ1) is 12.2. The molecule has 1 heterocycles. The van der Waals surface area contributed by atoms with Crippen LogP contribution >= 0.6 is 15.9 Å². The minimum atomic E-state index is -0.0783. The molecule has 0 bridgehead atoms. The zero-order chi connectivity index (χ0) is 13.4. The van der Waals surface area contributed by atoms with Gasteiger partial charge in [0.1, 0.15) is 0 Å². The predicted molar refractivity (Wildman–Crippen MR) is 82.4 cm³/mol. The van der Waals surface area contributed by atoms with E-state index in [0.29, 0.717) is 0 Å². The largest absolute Gasteiger partial charge is 0.322 e. The maximum Gasteiger partial charge on any atom is 0.249 e. The van der Waals surface area contributed by atoms with Crippen LogP contribution in [0.2, 0.25) is 0 Å². The number of fused-ring (bicyclic) bond motifs is 1. The van der Waals surface area contributed by atoms with Crippen LogP contribution in [0.3, 0.4) is 0 Å². The second-order valence-corrected chi connectivity index (χ2v) is 5.52. The molecule has 0 fully saturated rings. The van der Waals surface area contributed by atoms with Gasteiger partial charge >= 0.3 is 0 Å². The fourth-order valence-electron chi connectivity index (χ4n) is 2.20. The first-order valence-corrected chi connectivity index (χ1v) is 6.82. The number of H-pyrrole nitrogens is 1. The van der Waals surface area contributed by atoms with Crippen LogP contribution in [0.25, 0.3) is 22.0 Å². The fourth-order valence-corrected chi connectivity index (χ4v) is 2.56. The lowest BCUT2D eigenvalue weighted by Gasteiger charge is -2.07. The first-order chi connectivity index (χ1) is 9.13. The van der Waals surface area contributed by atoms with Gasteiger partial charge in [0.15, 0.2) is 0 Å². The number of benzene rings is 2. The van der Waals surface area contributed by atoms with E-state index in [1.807, 2.05) is 30.3 Å². The van der Waals surface area contributed by atoms with Gasteiger partial charge in [-0.25, -0.2) is 0 Å². The Morgan fingerprint density at radius 3 is 2.47 bits per heavy atom. The molecule has 0 amide bonds. The second-order valence-electron chi connectivity index (χ2n) is 4.60. The molecule has 3 rings (SSSR count). The molecule has 0 radical (unpaired) electrons. The average Bonchev–Trinajstić information content (AvgIpc) is 2.39. The minimum absolute atomic E-state index is 0.0783. The number of aromatic amines is 1. The van der Waals surface area contributed by atoms with E-state index in [0.717, 1.165) is 26.5 Å². The summed E-state index contributed by atoms with van der Waals surface area (Å²) < 4.78 is 1.00. The maximum absolute atomic E-state index is 11.8. The Morgan fingerprint density at radius 1 is 1.00 bits per heavy atom. The lowest BCUT2D eigenvalue weighted by atomic mass is 10.0. The van der Waals surface area contributed by atoms with E-state index >= 15 is 0 Å².